The summed E-state index contributed by atoms with van der Waals surface area (Å²) < 4.78 is 1.20. The van der Waals surface area contributed by atoms with Gasteiger partial charge in [0.15, 0.2) is 0 Å². The first-order valence-corrected chi connectivity index (χ1v) is 7.18. The average Bonchev–Trinajstić information content (AvgIpc) is 2.20. The first-order chi connectivity index (χ1) is 7.13. The summed E-state index contributed by atoms with van der Waals surface area (Å²) in [6.45, 7) is 6.45. The fourth-order valence-corrected chi connectivity index (χ4v) is 2.40. The highest BCUT2D eigenvalue weighted by atomic mass is 79.9. The monoisotopic (exact) mass is 287 g/mol. The molecule has 0 spiro atoms. The predicted octanol–water partition coefficient (Wildman–Crippen LogP) is 3.92. The van der Waals surface area contributed by atoms with Crippen LogP contribution in [-0.4, -0.2) is 12.8 Å². The molecule has 0 aliphatic heterocycles. The lowest BCUT2D eigenvalue weighted by atomic mass is 10.2. The Kier molecular flexibility index (Phi) is 5.72. The molecule has 0 unspecified atom stereocenters. The number of nitrogens with one attached hydrogen (secondary N) is 1. The van der Waals surface area contributed by atoms with Gasteiger partial charge in [-0.25, -0.2) is 0 Å². The van der Waals surface area contributed by atoms with E-state index in [0.717, 1.165) is 13.1 Å². The highest BCUT2D eigenvalue weighted by molar-refractivity contribution is 9.10. The summed E-state index contributed by atoms with van der Waals surface area (Å²) in [5.74, 6) is 0.703. The van der Waals surface area contributed by atoms with E-state index in [9.17, 15) is 0 Å². The van der Waals surface area contributed by atoms with Gasteiger partial charge in [0.2, 0.25) is 0 Å². The average molecular weight is 288 g/mol. The van der Waals surface area contributed by atoms with Crippen LogP contribution in [0.3, 0.4) is 0 Å². The van der Waals surface area contributed by atoms with Gasteiger partial charge in [0.25, 0.3) is 0 Å². The van der Waals surface area contributed by atoms with Gasteiger partial charge in [-0.15, -0.1) is 11.8 Å². The Balaban J connectivity index is 2.54. The van der Waals surface area contributed by atoms with Gasteiger partial charge in [0, 0.05) is 15.9 Å². The van der Waals surface area contributed by atoms with Crippen LogP contribution in [0.2, 0.25) is 0 Å². The van der Waals surface area contributed by atoms with E-state index in [0.29, 0.717) is 5.92 Å². The fourth-order valence-electron chi connectivity index (χ4n) is 1.29. The molecule has 0 aliphatic carbocycles. The molecule has 84 valence electrons. The highest BCUT2D eigenvalue weighted by Crippen LogP contribution is 2.23. The molecule has 0 fully saturated rings. The van der Waals surface area contributed by atoms with E-state index in [4.69, 9.17) is 0 Å². The molecule has 0 radical (unpaired) electrons. The van der Waals surface area contributed by atoms with Crippen molar-refractivity contribution in [2.75, 3.05) is 12.8 Å². The van der Waals surface area contributed by atoms with Crippen LogP contribution in [0.1, 0.15) is 19.4 Å². The van der Waals surface area contributed by atoms with Crippen LogP contribution in [0.4, 0.5) is 0 Å². The lowest BCUT2D eigenvalue weighted by molar-refractivity contribution is 0.551. The van der Waals surface area contributed by atoms with E-state index >= 15 is 0 Å². The van der Waals surface area contributed by atoms with E-state index in [-0.39, 0.29) is 0 Å². The second-order valence-electron chi connectivity index (χ2n) is 3.98. The van der Waals surface area contributed by atoms with Gasteiger partial charge in [-0.2, -0.15) is 0 Å². The van der Waals surface area contributed by atoms with Gasteiger partial charge in [-0.1, -0.05) is 35.8 Å². The predicted molar refractivity (Wildman–Crippen MR) is 72.5 cm³/mol. The minimum absolute atomic E-state index is 0.703. The molecule has 1 nitrogen and oxygen atoms in total. The highest BCUT2D eigenvalue weighted by Gasteiger charge is 2.01. The SMILES string of the molecule is CSc1ccc(CNCC(C)C)c(Br)c1. The molecule has 1 rings (SSSR count). The molecule has 1 aromatic carbocycles. The molecule has 0 aliphatic rings. The van der Waals surface area contributed by atoms with Crippen LogP contribution in [-0.2, 0) is 6.54 Å². The molecule has 0 atom stereocenters. The van der Waals surface area contributed by atoms with Crippen molar-refractivity contribution in [3.8, 4) is 0 Å². The van der Waals surface area contributed by atoms with E-state index in [1.165, 1.54) is 14.9 Å². The first kappa shape index (κ1) is 13.1. The van der Waals surface area contributed by atoms with Crippen molar-refractivity contribution in [2.24, 2.45) is 5.92 Å². The van der Waals surface area contributed by atoms with Crippen molar-refractivity contribution in [1.29, 1.82) is 0 Å². The quantitative estimate of drug-likeness (QED) is 0.824. The van der Waals surface area contributed by atoms with E-state index in [1.54, 1.807) is 11.8 Å². The van der Waals surface area contributed by atoms with Gasteiger partial charge >= 0.3 is 0 Å². The third kappa shape index (κ3) is 4.58. The molecule has 0 aromatic heterocycles. The topological polar surface area (TPSA) is 12.0 Å². The Morgan fingerprint density at radius 3 is 2.67 bits per heavy atom. The number of rotatable bonds is 5. The van der Waals surface area contributed by atoms with Crippen molar-refractivity contribution in [1.82, 2.24) is 5.32 Å². The first-order valence-electron chi connectivity index (χ1n) is 5.16. The van der Waals surface area contributed by atoms with Crippen molar-refractivity contribution >= 4 is 27.7 Å². The number of hydrogen-bond acceptors (Lipinski definition) is 2. The zero-order chi connectivity index (χ0) is 11.3. The molecule has 15 heavy (non-hydrogen) atoms. The van der Waals surface area contributed by atoms with Crippen LogP contribution >= 0.6 is 27.7 Å². The second-order valence-corrected chi connectivity index (χ2v) is 5.72. The third-order valence-electron chi connectivity index (χ3n) is 2.13. The minimum atomic E-state index is 0.703. The van der Waals surface area contributed by atoms with Crippen molar-refractivity contribution in [3.05, 3.63) is 28.2 Å². The maximum atomic E-state index is 3.60. The van der Waals surface area contributed by atoms with E-state index in [2.05, 4.69) is 59.5 Å². The second kappa shape index (κ2) is 6.56. The number of halogens is 1. The summed E-state index contributed by atoms with van der Waals surface area (Å²) in [7, 11) is 0. The van der Waals surface area contributed by atoms with Gasteiger partial charge in [0.1, 0.15) is 0 Å². The third-order valence-corrected chi connectivity index (χ3v) is 3.59. The summed E-state index contributed by atoms with van der Waals surface area (Å²) in [5.41, 5.74) is 1.33. The molecule has 0 heterocycles. The summed E-state index contributed by atoms with van der Waals surface area (Å²) in [6, 6.07) is 6.53. The molecule has 1 N–H and O–H groups in total. The molecular formula is C12H18BrNS. The fraction of sp³-hybridized carbons (Fsp3) is 0.500. The summed E-state index contributed by atoms with van der Waals surface area (Å²) >= 11 is 5.37. The van der Waals surface area contributed by atoms with E-state index < -0.39 is 0 Å². The molecule has 3 heteroatoms. The Hall–Kier alpha value is 0.01000. The zero-order valence-electron chi connectivity index (χ0n) is 9.51. The largest absolute Gasteiger partial charge is 0.312 e. The van der Waals surface area contributed by atoms with Crippen LogP contribution in [0.5, 0.6) is 0 Å². The zero-order valence-corrected chi connectivity index (χ0v) is 11.9. The lowest BCUT2D eigenvalue weighted by Crippen LogP contribution is -2.19. The normalized spacial score (nSPS) is 11.0. The van der Waals surface area contributed by atoms with Crippen LogP contribution < -0.4 is 5.32 Å². The minimum Gasteiger partial charge on any atom is -0.312 e. The number of hydrogen-bond donors (Lipinski definition) is 1. The van der Waals surface area contributed by atoms with Gasteiger partial charge < -0.3 is 5.32 Å². The van der Waals surface area contributed by atoms with Gasteiger partial charge in [-0.3, -0.25) is 0 Å². The Labute approximate surface area is 105 Å². The molecule has 0 amide bonds. The smallest absolute Gasteiger partial charge is 0.0231 e. The lowest BCUT2D eigenvalue weighted by Gasteiger charge is -2.09. The Morgan fingerprint density at radius 1 is 1.40 bits per heavy atom. The standard InChI is InChI=1S/C12H18BrNS/c1-9(2)7-14-8-10-4-5-11(15-3)6-12(10)13/h4-6,9,14H,7-8H2,1-3H3. The number of thioether (sulfide) groups is 1. The summed E-state index contributed by atoms with van der Waals surface area (Å²) in [4.78, 5) is 1.30. The molecular weight excluding hydrogens is 270 g/mol. The summed E-state index contributed by atoms with van der Waals surface area (Å²) in [6.07, 6.45) is 2.10. The van der Waals surface area contributed by atoms with Crippen LogP contribution in [0, 0.1) is 5.92 Å². The molecule has 1 aromatic rings. The molecule has 0 bridgehead atoms. The molecule has 0 saturated carbocycles. The maximum absolute atomic E-state index is 3.60. The van der Waals surface area contributed by atoms with Crippen LogP contribution in [0.25, 0.3) is 0 Å². The maximum Gasteiger partial charge on any atom is 0.0231 e. The van der Waals surface area contributed by atoms with Crippen molar-refractivity contribution in [2.45, 2.75) is 25.3 Å². The van der Waals surface area contributed by atoms with Gasteiger partial charge in [-0.05, 0) is 36.4 Å². The van der Waals surface area contributed by atoms with Crippen molar-refractivity contribution < 1.29 is 0 Å². The number of benzene rings is 1. The van der Waals surface area contributed by atoms with Crippen LogP contribution in [0.15, 0.2) is 27.6 Å². The van der Waals surface area contributed by atoms with Gasteiger partial charge in [0.05, 0.1) is 0 Å². The Bertz CT molecular complexity index is 312. The Morgan fingerprint density at radius 2 is 2.13 bits per heavy atom. The summed E-state index contributed by atoms with van der Waals surface area (Å²) in [5, 5.41) is 3.44. The van der Waals surface area contributed by atoms with E-state index in [1.807, 2.05) is 0 Å². The van der Waals surface area contributed by atoms with Crippen molar-refractivity contribution in [3.63, 3.8) is 0 Å². The molecule has 0 saturated heterocycles.